The van der Waals surface area contributed by atoms with Crippen LogP contribution in [0, 0.1) is 0 Å². The van der Waals surface area contributed by atoms with Gasteiger partial charge in [-0.1, -0.05) is 31.7 Å². The maximum atomic E-state index is 12.5. The van der Waals surface area contributed by atoms with Crippen LogP contribution in [0.15, 0.2) is 76.5 Å². The Morgan fingerprint density at radius 1 is 1.13 bits per heavy atom. The molecular weight excluding hydrogens is 545 g/mol. The molecule has 2 aromatic carbocycles. The van der Waals surface area contributed by atoms with Crippen LogP contribution in [0.2, 0.25) is 0 Å². The van der Waals surface area contributed by atoms with Gasteiger partial charge in [-0.05, 0) is 65.6 Å². The van der Waals surface area contributed by atoms with Crippen LogP contribution in [-0.2, 0) is 0 Å². The number of thioether (sulfide) groups is 1. The monoisotopic (exact) mass is 568 g/mol. The number of pyridine rings is 1. The molecule has 0 radical (unpaired) electrons. The zero-order valence-corrected chi connectivity index (χ0v) is 22.7. The van der Waals surface area contributed by atoms with Gasteiger partial charge in [-0.25, -0.2) is 15.0 Å². The van der Waals surface area contributed by atoms with Gasteiger partial charge in [0.2, 0.25) is 0 Å². The van der Waals surface area contributed by atoms with E-state index in [1.165, 1.54) is 23.9 Å². The van der Waals surface area contributed by atoms with Gasteiger partial charge in [-0.15, -0.1) is 24.5 Å². The third-order valence-electron chi connectivity index (χ3n) is 5.77. The fraction of sp³-hybridized carbons (Fsp3) is 0.185. The molecule has 5 rings (SSSR count). The summed E-state index contributed by atoms with van der Waals surface area (Å²) in [6.45, 7) is 4.23. The van der Waals surface area contributed by atoms with E-state index in [4.69, 9.17) is 0 Å². The second-order valence-electron chi connectivity index (χ2n) is 8.76. The van der Waals surface area contributed by atoms with Gasteiger partial charge in [0.05, 0.1) is 28.5 Å². The first kappa shape index (κ1) is 26.7. The first-order valence-corrected chi connectivity index (χ1v) is 13.9. The Balaban J connectivity index is 1.35. The Morgan fingerprint density at radius 2 is 1.92 bits per heavy atom. The van der Waals surface area contributed by atoms with E-state index in [0.717, 1.165) is 38.1 Å². The van der Waals surface area contributed by atoms with Gasteiger partial charge in [0, 0.05) is 17.1 Å². The number of nitrogens with one attached hydrogen (secondary N) is 1. The van der Waals surface area contributed by atoms with E-state index >= 15 is 0 Å². The van der Waals surface area contributed by atoms with E-state index in [9.17, 15) is 13.2 Å². The van der Waals surface area contributed by atoms with E-state index in [1.54, 1.807) is 41.4 Å². The molecule has 0 unspecified atom stereocenters. The summed E-state index contributed by atoms with van der Waals surface area (Å²) < 4.78 is 43.3. The summed E-state index contributed by atoms with van der Waals surface area (Å²) in [6.07, 6.45) is 2.50. The van der Waals surface area contributed by atoms with Crippen molar-refractivity contribution in [2.45, 2.75) is 26.1 Å². The van der Waals surface area contributed by atoms with Crippen LogP contribution in [0.1, 0.15) is 30.2 Å². The molecule has 0 bridgehead atoms. The van der Waals surface area contributed by atoms with Crippen LogP contribution in [0.3, 0.4) is 0 Å². The number of rotatable bonds is 6. The summed E-state index contributed by atoms with van der Waals surface area (Å²) in [5.74, 6) is 0.784. The molecule has 0 aliphatic heterocycles. The molecule has 5 aromatic rings. The minimum absolute atomic E-state index is 0.270. The molecule has 39 heavy (non-hydrogen) atoms. The van der Waals surface area contributed by atoms with Gasteiger partial charge in [-0.3, -0.25) is 9.83 Å². The van der Waals surface area contributed by atoms with Crippen LogP contribution in [0.5, 0.6) is 5.75 Å². The maximum Gasteiger partial charge on any atom is 0.573 e. The molecule has 0 saturated carbocycles. The smallest absolute Gasteiger partial charge is 0.406 e. The molecule has 0 fully saturated rings. The lowest BCUT2D eigenvalue weighted by Crippen LogP contribution is -2.16. The van der Waals surface area contributed by atoms with Gasteiger partial charge < -0.3 is 4.74 Å². The largest absolute Gasteiger partial charge is 0.573 e. The van der Waals surface area contributed by atoms with Gasteiger partial charge in [0.1, 0.15) is 11.4 Å². The number of hydrogen-bond acceptors (Lipinski definition) is 7. The van der Waals surface area contributed by atoms with Crippen molar-refractivity contribution in [1.82, 2.24) is 19.8 Å². The zero-order chi connectivity index (χ0) is 27.6. The van der Waals surface area contributed by atoms with Crippen LogP contribution in [0.4, 0.5) is 19.0 Å². The highest BCUT2D eigenvalue weighted by Gasteiger charge is 2.31. The predicted octanol–water partition coefficient (Wildman–Crippen LogP) is 7.61. The number of aromatic nitrogens is 3. The van der Waals surface area contributed by atoms with Crippen LogP contribution in [-0.4, -0.2) is 38.4 Å². The summed E-state index contributed by atoms with van der Waals surface area (Å²) in [5.41, 5.74) is 7.90. The van der Waals surface area contributed by atoms with Gasteiger partial charge in [0.15, 0.2) is 11.0 Å². The number of thiazole rings is 1. The number of ether oxygens (including phenoxy) is 1. The highest BCUT2D eigenvalue weighted by molar-refractivity contribution is 8.13. The van der Waals surface area contributed by atoms with Gasteiger partial charge in [-0.2, -0.15) is 5.10 Å². The van der Waals surface area contributed by atoms with Crippen LogP contribution in [0.25, 0.3) is 27.7 Å². The Morgan fingerprint density at radius 3 is 2.64 bits per heavy atom. The molecule has 0 amide bonds. The molecule has 7 nitrogen and oxygen atoms in total. The number of hydrazone groups is 1. The topological polar surface area (TPSA) is 76.2 Å². The third kappa shape index (κ3) is 6.07. The molecule has 12 heteroatoms. The average molecular weight is 569 g/mol. The van der Waals surface area contributed by atoms with E-state index in [2.05, 4.69) is 44.1 Å². The number of fused-ring (bicyclic) bond motifs is 3. The van der Waals surface area contributed by atoms with Gasteiger partial charge in [0.25, 0.3) is 0 Å². The van der Waals surface area contributed by atoms with E-state index in [1.807, 2.05) is 41.1 Å². The summed E-state index contributed by atoms with van der Waals surface area (Å²) in [5, 5.41) is 6.91. The highest BCUT2D eigenvalue weighted by atomic mass is 32.2. The SMILES string of the molecule is CS/C(=N\c1ncsc1C(C)C)N/N=C/c1ccc2c(ccn3c(-c4ccc(OC(F)(F)F)cc4)cnc23)c1. The van der Waals surface area contributed by atoms with Crippen molar-refractivity contribution < 1.29 is 17.9 Å². The normalized spacial score (nSPS) is 12.7. The van der Waals surface area contributed by atoms with Crippen molar-refractivity contribution in [3.63, 3.8) is 0 Å². The molecular formula is C27H23F3N6OS2. The minimum atomic E-state index is -4.73. The first-order valence-electron chi connectivity index (χ1n) is 11.8. The van der Waals surface area contributed by atoms with E-state index < -0.39 is 6.36 Å². The summed E-state index contributed by atoms with van der Waals surface area (Å²) in [6, 6.07) is 13.6. The van der Waals surface area contributed by atoms with E-state index in [0.29, 0.717) is 16.9 Å². The Hall–Kier alpha value is -3.90. The number of imidazole rings is 1. The number of benzene rings is 2. The second kappa shape index (κ2) is 11.1. The van der Waals surface area contributed by atoms with Gasteiger partial charge >= 0.3 is 6.36 Å². The molecule has 3 heterocycles. The highest BCUT2D eigenvalue weighted by Crippen LogP contribution is 2.31. The standard InChI is InChI=1S/C27H23F3N6OS2/c1-16(2)23-24(32-15-39-23)34-26(38-3)35-33-13-17-4-9-21-19(12-17)10-11-36-22(14-31-25(21)36)18-5-7-20(8-6-18)37-27(28,29)30/h4-16H,1-3H3,(H,34,35)/b33-13+. The quantitative estimate of drug-likeness (QED) is 0.130. The predicted molar refractivity (Wildman–Crippen MR) is 152 cm³/mol. The van der Waals surface area contributed by atoms with Crippen molar-refractivity contribution in [3.05, 3.63) is 76.9 Å². The van der Waals surface area contributed by atoms with Crippen molar-refractivity contribution in [2.75, 3.05) is 6.26 Å². The lowest BCUT2D eigenvalue weighted by atomic mass is 10.1. The van der Waals surface area contributed by atoms with E-state index in [-0.39, 0.29) is 5.75 Å². The summed E-state index contributed by atoms with van der Waals surface area (Å²) in [7, 11) is 0. The summed E-state index contributed by atoms with van der Waals surface area (Å²) in [4.78, 5) is 14.7. The number of hydrogen-bond donors (Lipinski definition) is 1. The molecule has 0 saturated heterocycles. The van der Waals surface area contributed by atoms with Crippen molar-refractivity contribution >= 4 is 56.7 Å². The lowest BCUT2D eigenvalue weighted by molar-refractivity contribution is -0.274. The molecule has 0 aliphatic carbocycles. The number of amidine groups is 1. The molecule has 0 aliphatic rings. The Labute approximate surface area is 230 Å². The van der Waals surface area contributed by atoms with Crippen molar-refractivity contribution in [1.29, 1.82) is 0 Å². The maximum absolute atomic E-state index is 12.5. The second-order valence-corrected chi connectivity index (χ2v) is 10.4. The number of aliphatic imine (C=N–C) groups is 1. The number of halogens is 3. The molecule has 3 aromatic heterocycles. The zero-order valence-electron chi connectivity index (χ0n) is 21.1. The Kier molecular flexibility index (Phi) is 7.58. The lowest BCUT2D eigenvalue weighted by Gasteiger charge is -2.09. The summed E-state index contributed by atoms with van der Waals surface area (Å²) >= 11 is 3.05. The molecule has 0 atom stereocenters. The fourth-order valence-electron chi connectivity index (χ4n) is 4.01. The Bertz CT molecular complexity index is 1670. The molecule has 1 N–H and O–H groups in total. The average Bonchev–Trinajstić information content (AvgIpc) is 3.55. The molecule has 200 valence electrons. The number of alkyl halides is 3. The minimum Gasteiger partial charge on any atom is -0.406 e. The van der Waals surface area contributed by atoms with Crippen molar-refractivity contribution in [3.8, 4) is 17.0 Å². The number of nitrogens with zero attached hydrogens (tertiary/aromatic N) is 5. The first-order chi connectivity index (χ1) is 18.7. The molecule has 0 spiro atoms. The third-order valence-corrected chi connectivity index (χ3v) is 7.46. The van der Waals surface area contributed by atoms with Crippen LogP contribution < -0.4 is 10.2 Å². The van der Waals surface area contributed by atoms with Crippen molar-refractivity contribution in [2.24, 2.45) is 10.1 Å². The van der Waals surface area contributed by atoms with Crippen LogP contribution >= 0.6 is 23.1 Å². The fourth-order valence-corrected chi connectivity index (χ4v) is 5.08.